The molecular formula is C13H24O7. The molecule has 7 heteroatoms. The van der Waals surface area contributed by atoms with E-state index in [0.717, 1.165) is 0 Å². The number of aliphatic hydroxyl groups excluding tert-OH is 2. The number of hydrogen-bond acceptors (Lipinski definition) is 6. The lowest BCUT2D eigenvalue weighted by molar-refractivity contribution is -0.145. The van der Waals surface area contributed by atoms with Gasteiger partial charge in [0, 0.05) is 19.3 Å². The van der Waals surface area contributed by atoms with Crippen molar-refractivity contribution in [3.63, 3.8) is 0 Å². The quantitative estimate of drug-likeness (QED) is 0.351. The molecular weight excluding hydrogens is 268 g/mol. The maximum atomic E-state index is 11.3. The van der Waals surface area contributed by atoms with E-state index in [2.05, 4.69) is 0 Å². The van der Waals surface area contributed by atoms with Gasteiger partial charge in [-0.2, -0.15) is 0 Å². The maximum absolute atomic E-state index is 11.3. The fourth-order valence-corrected chi connectivity index (χ4v) is 1.37. The third-order valence-corrected chi connectivity index (χ3v) is 2.59. The van der Waals surface area contributed by atoms with Crippen molar-refractivity contribution in [3.05, 3.63) is 0 Å². The molecule has 118 valence electrons. The zero-order valence-electron chi connectivity index (χ0n) is 11.8. The standard InChI is InChI=1S/C13H24O7/c1-10(20-9-11(15)8-14)6-7-19-13(18)5-3-2-4-12(16)17/h10-11,14-15H,2-9H2,1H3,(H,16,17). The number of rotatable bonds is 12. The van der Waals surface area contributed by atoms with Gasteiger partial charge in [-0.3, -0.25) is 9.59 Å². The van der Waals surface area contributed by atoms with E-state index < -0.39 is 12.1 Å². The predicted molar refractivity (Wildman–Crippen MR) is 70.2 cm³/mol. The van der Waals surface area contributed by atoms with Crippen molar-refractivity contribution < 1.29 is 34.4 Å². The highest BCUT2D eigenvalue weighted by Crippen LogP contribution is 2.03. The molecule has 0 rings (SSSR count). The zero-order valence-corrected chi connectivity index (χ0v) is 11.8. The first-order chi connectivity index (χ1) is 9.45. The van der Waals surface area contributed by atoms with Gasteiger partial charge in [0.25, 0.3) is 0 Å². The number of ether oxygens (including phenoxy) is 2. The Kier molecular flexibility index (Phi) is 10.9. The van der Waals surface area contributed by atoms with Crippen LogP contribution in [-0.4, -0.2) is 59.3 Å². The average Bonchev–Trinajstić information content (AvgIpc) is 2.40. The zero-order chi connectivity index (χ0) is 15.4. The van der Waals surface area contributed by atoms with Gasteiger partial charge in [-0.15, -0.1) is 0 Å². The summed E-state index contributed by atoms with van der Waals surface area (Å²) in [6.45, 7) is 1.69. The lowest BCUT2D eigenvalue weighted by Crippen LogP contribution is -2.24. The van der Waals surface area contributed by atoms with E-state index in [9.17, 15) is 9.59 Å². The third-order valence-electron chi connectivity index (χ3n) is 2.59. The Morgan fingerprint density at radius 2 is 1.85 bits per heavy atom. The van der Waals surface area contributed by atoms with Gasteiger partial charge in [-0.05, 0) is 19.8 Å². The number of aliphatic hydroxyl groups is 2. The smallest absolute Gasteiger partial charge is 0.305 e. The van der Waals surface area contributed by atoms with Gasteiger partial charge in [-0.25, -0.2) is 0 Å². The van der Waals surface area contributed by atoms with Crippen LogP contribution in [0.4, 0.5) is 0 Å². The molecule has 0 aliphatic carbocycles. The first kappa shape index (κ1) is 18.8. The van der Waals surface area contributed by atoms with E-state index in [-0.39, 0.29) is 44.7 Å². The van der Waals surface area contributed by atoms with Crippen molar-refractivity contribution in [2.24, 2.45) is 0 Å². The number of carboxylic acids is 1. The molecule has 0 radical (unpaired) electrons. The van der Waals surface area contributed by atoms with Crippen LogP contribution in [0, 0.1) is 0 Å². The van der Waals surface area contributed by atoms with Crippen LogP contribution in [-0.2, 0) is 19.1 Å². The molecule has 2 unspecified atom stereocenters. The molecule has 0 spiro atoms. The molecule has 20 heavy (non-hydrogen) atoms. The summed E-state index contributed by atoms with van der Waals surface area (Å²) in [5.41, 5.74) is 0. The van der Waals surface area contributed by atoms with Crippen LogP contribution in [0.3, 0.4) is 0 Å². The topological polar surface area (TPSA) is 113 Å². The number of carboxylic acid groups (broad SMARTS) is 1. The minimum Gasteiger partial charge on any atom is -0.481 e. The number of carbonyl (C=O) groups is 2. The first-order valence-electron chi connectivity index (χ1n) is 6.73. The van der Waals surface area contributed by atoms with Crippen LogP contribution in [0.2, 0.25) is 0 Å². The molecule has 0 aliphatic rings. The Bertz CT molecular complexity index is 280. The van der Waals surface area contributed by atoms with Crippen molar-refractivity contribution in [2.45, 2.75) is 51.2 Å². The molecule has 0 fully saturated rings. The summed E-state index contributed by atoms with van der Waals surface area (Å²) in [5, 5.41) is 26.1. The van der Waals surface area contributed by atoms with Crippen LogP contribution >= 0.6 is 0 Å². The van der Waals surface area contributed by atoms with Crippen LogP contribution < -0.4 is 0 Å². The van der Waals surface area contributed by atoms with Gasteiger partial charge in [0.2, 0.25) is 0 Å². The highest BCUT2D eigenvalue weighted by molar-refractivity contribution is 5.69. The molecule has 0 aromatic rings. The summed E-state index contributed by atoms with van der Waals surface area (Å²) < 4.78 is 10.2. The van der Waals surface area contributed by atoms with E-state index in [1.54, 1.807) is 6.92 Å². The molecule has 0 saturated heterocycles. The van der Waals surface area contributed by atoms with Crippen LogP contribution in [0.1, 0.15) is 39.0 Å². The predicted octanol–water partition coefficient (Wildman–Crippen LogP) is 0.323. The van der Waals surface area contributed by atoms with Crippen molar-refractivity contribution >= 4 is 11.9 Å². The van der Waals surface area contributed by atoms with Crippen molar-refractivity contribution in [2.75, 3.05) is 19.8 Å². The molecule has 2 atom stereocenters. The summed E-state index contributed by atoms with van der Waals surface area (Å²) >= 11 is 0. The summed E-state index contributed by atoms with van der Waals surface area (Å²) in [6, 6.07) is 0. The molecule has 0 amide bonds. The number of carbonyl (C=O) groups excluding carboxylic acids is 1. The maximum Gasteiger partial charge on any atom is 0.305 e. The molecule has 0 heterocycles. The van der Waals surface area contributed by atoms with E-state index in [0.29, 0.717) is 19.3 Å². The van der Waals surface area contributed by atoms with Gasteiger partial charge in [-0.1, -0.05) is 0 Å². The Morgan fingerprint density at radius 1 is 1.20 bits per heavy atom. The number of esters is 1. The summed E-state index contributed by atoms with van der Waals surface area (Å²) in [5.74, 6) is -1.22. The molecule has 7 nitrogen and oxygen atoms in total. The first-order valence-corrected chi connectivity index (χ1v) is 6.73. The van der Waals surface area contributed by atoms with Crippen LogP contribution in [0.5, 0.6) is 0 Å². The van der Waals surface area contributed by atoms with Gasteiger partial charge in [0.15, 0.2) is 0 Å². The van der Waals surface area contributed by atoms with Crippen molar-refractivity contribution in [3.8, 4) is 0 Å². The van der Waals surface area contributed by atoms with E-state index >= 15 is 0 Å². The number of hydrogen-bond donors (Lipinski definition) is 3. The molecule has 0 aromatic carbocycles. The minimum absolute atomic E-state index is 0.0425. The van der Waals surface area contributed by atoms with Crippen molar-refractivity contribution in [1.82, 2.24) is 0 Å². The fraction of sp³-hybridized carbons (Fsp3) is 0.846. The van der Waals surface area contributed by atoms with E-state index in [1.807, 2.05) is 0 Å². The Balaban J connectivity index is 3.48. The Labute approximate surface area is 118 Å². The second-order valence-corrected chi connectivity index (χ2v) is 4.59. The minimum atomic E-state index is -0.894. The average molecular weight is 292 g/mol. The molecule has 3 N–H and O–H groups in total. The SMILES string of the molecule is CC(CCOC(=O)CCCCC(=O)O)OCC(O)CO. The van der Waals surface area contributed by atoms with Gasteiger partial charge >= 0.3 is 11.9 Å². The van der Waals surface area contributed by atoms with Gasteiger partial charge in [0.1, 0.15) is 6.10 Å². The van der Waals surface area contributed by atoms with Crippen LogP contribution in [0.15, 0.2) is 0 Å². The molecule has 0 aromatic heterocycles. The normalized spacial score (nSPS) is 13.8. The molecule has 0 bridgehead atoms. The van der Waals surface area contributed by atoms with E-state index in [1.165, 1.54) is 0 Å². The second kappa shape index (κ2) is 11.6. The highest BCUT2D eigenvalue weighted by atomic mass is 16.5. The summed E-state index contributed by atoms with van der Waals surface area (Å²) in [4.78, 5) is 21.6. The lowest BCUT2D eigenvalue weighted by atomic mass is 10.2. The van der Waals surface area contributed by atoms with Crippen LogP contribution in [0.25, 0.3) is 0 Å². The fourth-order valence-electron chi connectivity index (χ4n) is 1.37. The number of aliphatic carboxylic acids is 1. The summed E-state index contributed by atoms with van der Waals surface area (Å²) in [7, 11) is 0. The number of unbranched alkanes of at least 4 members (excludes halogenated alkanes) is 1. The van der Waals surface area contributed by atoms with Gasteiger partial charge in [0.05, 0.1) is 25.9 Å². The molecule has 0 saturated carbocycles. The van der Waals surface area contributed by atoms with E-state index in [4.69, 9.17) is 24.8 Å². The summed E-state index contributed by atoms with van der Waals surface area (Å²) in [6.07, 6.45) is 0.657. The highest BCUT2D eigenvalue weighted by Gasteiger charge is 2.09. The Morgan fingerprint density at radius 3 is 2.45 bits per heavy atom. The lowest BCUT2D eigenvalue weighted by Gasteiger charge is -2.15. The monoisotopic (exact) mass is 292 g/mol. The van der Waals surface area contributed by atoms with Crippen molar-refractivity contribution in [1.29, 1.82) is 0 Å². The largest absolute Gasteiger partial charge is 0.481 e. The Hall–Kier alpha value is -1.18. The van der Waals surface area contributed by atoms with Gasteiger partial charge < -0.3 is 24.8 Å². The molecule has 0 aliphatic heterocycles. The third kappa shape index (κ3) is 11.9. The second-order valence-electron chi connectivity index (χ2n) is 4.59.